The van der Waals surface area contributed by atoms with Crippen LogP contribution in [-0.2, 0) is 14.4 Å². The third-order valence-electron chi connectivity index (χ3n) is 6.51. The number of anilines is 1. The maximum atomic E-state index is 13.4. The number of hydrogen-bond donors (Lipinski definition) is 3. The number of nitrogens with one attached hydrogen (secondary N) is 2. The smallest absolute Gasteiger partial charge is 0.248 e. The molecule has 2 unspecified atom stereocenters. The van der Waals surface area contributed by atoms with E-state index in [0.717, 1.165) is 12.8 Å². The van der Waals surface area contributed by atoms with Crippen molar-refractivity contribution >= 4 is 35.2 Å². The molecule has 3 amide bonds. The Bertz CT molecular complexity index is 848. The number of aliphatic hydroxyl groups excluding tert-OH is 1. The molecule has 1 spiro atoms. The number of carbonyl (C=O) groups is 3. The predicted octanol–water partition coefficient (Wildman–Crippen LogP) is 0.853. The number of benzene rings is 1. The van der Waals surface area contributed by atoms with E-state index in [9.17, 15) is 19.5 Å². The van der Waals surface area contributed by atoms with Gasteiger partial charge in [-0.15, -0.1) is 11.8 Å². The van der Waals surface area contributed by atoms with Gasteiger partial charge in [0, 0.05) is 31.1 Å². The zero-order valence-electron chi connectivity index (χ0n) is 17.1. The first-order valence-corrected chi connectivity index (χ1v) is 11.1. The van der Waals surface area contributed by atoms with Gasteiger partial charge in [0.25, 0.3) is 0 Å². The van der Waals surface area contributed by atoms with Crippen molar-refractivity contribution in [2.24, 2.45) is 11.8 Å². The minimum Gasteiger partial charge on any atom is -0.497 e. The minimum absolute atomic E-state index is 0.0511. The van der Waals surface area contributed by atoms with E-state index in [1.165, 1.54) is 0 Å². The van der Waals surface area contributed by atoms with Crippen LogP contribution in [0.5, 0.6) is 5.75 Å². The van der Waals surface area contributed by atoms with E-state index in [-0.39, 0.29) is 29.6 Å². The first kappa shape index (κ1) is 21.0. The number of hydrogen-bond acceptors (Lipinski definition) is 6. The van der Waals surface area contributed by atoms with Gasteiger partial charge < -0.3 is 25.4 Å². The monoisotopic (exact) mass is 433 g/mol. The summed E-state index contributed by atoms with van der Waals surface area (Å²) in [6.45, 7) is 0.225. The molecule has 0 aromatic heterocycles. The van der Waals surface area contributed by atoms with Gasteiger partial charge in [0.1, 0.15) is 11.8 Å². The largest absolute Gasteiger partial charge is 0.497 e. The average molecular weight is 434 g/mol. The van der Waals surface area contributed by atoms with E-state index in [1.54, 1.807) is 55.1 Å². The molecule has 3 aliphatic heterocycles. The van der Waals surface area contributed by atoms with Crippen molar-refractivity contribution in [2.45, 2.75) is 35.3 Å². The Labute approximate surface area is 179 Å². The maximum absolute atomic E-state index is 13.4. The Morgan fingerprint density at radius 1 is 1.30 bits per heavy atom. The lowest BCUT2D eigenvalue weighted by atomic mass is 9.71. The summed E-state index contributed by atoms with van der Waals surface area (Å²) in [4.78, 5) is 41.0. The summed E-state index contributed by atoms with van der Waals surface area (Å²) in [6.07, 6.45) is 1.93. The van der Waals surface area contributed by atoms with Gasteiger partial charge >= 0.3 is 0 Å². The molecule has 4 rings (SSSR count). The van der Waals surface area contributed by atoms with Gasteiger partial charge in [-0.3, -0.25) is 14.4 Å². The molecule has 30 heavy (non-hydrogen) atoms. The summed E-state index contributed by atoms with van der Waals surface area (Å²) in [6, 6.07) is 6.36. The van der Waals surface area contributed by atoms with Crippen molar-refractivity contribution in [1.29, 1.82) is 0 Å². The van der Waals surface area contributed by atoms with E-state index in [0.29, 0.717) is 24.4 Å². The van der Waals surface area contributed by atoms with Gasteiger partial charge in [0.15, 0.2) is 0 Å². The molecule has 3 aliphatic rings. The number of ether oxygens (including phenoxy) is 1. The Balaban J connectivity index is 1.65. The van der Waals surface area contributed by atoms with Crippen LogP contribution in [0.25, 0.3) is 0 Å². The van der Waals surface area contributed by atoms with Gasteiger partial charge in [-0.2, -0.15) is 0 Å². The second kappa shape index (κ2) is 8.11. The molecular weight excluding hydrogens is 406 g/mol. The maximum Gasteiger partial charge on any atom is 0.248 e. The molecule has 1 aromatic carbocycles. The molecule has 3 N–H and O–H groups in total. The summed E-state index contributed by atoms with van der Waals surface area (Å²) >= 11 is 1.63. The Kier molecular flexibility index (Phi) is 5.67. The van der Waals surface area contributed by atoms with Crippen LogP contribution in [-0.4, -0.2) is 71.1 Å². The fourth-order valence-corrected chi connectivity index (χ4v) is 7.51. The number of rotatable bonds is 7. The number of amides is 3. The first-order valence-electron chi connectivity index (χ1n) is 10.2. The lowest BCUT2D eigenvalue weighted by Crippen LogP contribution is -2.51. The third-order valence-corrected chi connectivity index (χ3v) is 8.46. The second-order valence-corrected chi connectivity index (χ2v) is 9.60. The Morgan fingerprint density at radius 2 is 2.03 bits per heavy atom. The number of nitrogens with zero attached hydrogens (tertiary/aromatic N) is 1. The first-order chi connectivity index (χ1) is 14.5. The van der Waals surface area contributed by atoms with Gasteiger partial charge in [-0.25, -0.2) is 0 Å². The average Bonchev–Trinajstić information content (AvgIpc) is 3.39. The quantitative estimate of drug-likeness (QED) is 0.589. The Hall–Kier alpha value is -2.26. The van der Waals surface area contributed by atoms with Crippen LogP contribution in [0, 0.1) is 11.8 Å². The van der Waals surface area contributed by atoms with E-state index in [4.69, 9.17) is 4.74 Å². The number of methoxy groups -OCH3 is 1. The molecule has 0 radical (unpaired) electrons. The molecule has 0 aliphatic carbocycles. The summed E-state index contributed by atoms with van der Waals surface area (Å²) in [5, 5.41) is 15.0. The molecule has 5 atom stereocenters. The van der Waals surface area contributed by atoms with Crippen LogP contribution in [0.3, 0.4) is 0 Å². The van der Waals surface area contributed by atoms with E-state index in [1.807, 2.05) is 0 Å². The van der Waals surface area contributed by atoms with Crippen LogP contribution in [0.1, 0.15) is 19.3 Å². The molecule has 0 saturated carbocycles. The molecule has 1 aromatic rings. The molecule has 3 saturated heterocycles. The second-order valence-electron chi connectivity index (χ2n) is 8.00. The van der Waals surface area contributed by atoms with Crippen LogP contribution >= 0.6 is 11.8 Å². The van der Waals surface area contributed by atoms with Crippen molar-refractivity contribution in [3.63, 3.8) is 0 Å². The molecule has 8 nitrogen and oxygen atoms in total. The van der Waals surface area contributed by atoms with Crippen molar-refractivity contribution in [2.75, 3.05) is 32.6 Å². The van der Waals surface area contributed by atoms with Crippen LogP contribution in [0.2, 0.25) is 0 Å². The molecule has 9 heteroatoms. The summed E-state index contributed by atoms with van der Waals surface area (Å²) in [5.41, 5.74) is 0.621. The van der Waals surface area contributed by atoms with Crippen molar-refractivity contribution < 1.29 is 24.2 Å². The van der Waals surface area contributed by atoms with Crippen molar-refractivity contribution in [1.82, 2.24) is 10.2 Å². The predicted molar refractivity (Wildman–Crippen MR) is 113 cm³/mol. The number of aliphatic hydroxyl groups is 1. The number of fused-ring (bicyclic) bond motifs is 1. The molecule has 3 fully saturated rings. The van der Waals surface area contributed by atoms with Gasteiger partial charge in [0.2, 0.25) is 17.7 Å². The van der Waals surface area contributed by atoms with Crippen LogP contribution in [0.15, 0.2) is 24.3 Å². The van der Waals surface area contributed by atoms with Crippen molar-refractivity contribution in [3.05, 3.63) is 24.3 Å². The zero-order valence-corrected chi connectivity index (χ0v) is 17.9. The van der Waals surface area contributed by atoms with Gasteiger partial charge in [-0.1, -0.05) is 0 Å². The zero-order chi connectivity index (χ0) is 21.5. The highest BCUT2D eigenvalue weighted by Crippen LogP contribution is 2.66. The van der Waals surface area contributed by atoms with E-state index >= 15 is 0 Å². The van der Waals surface area contributed by atoms with Gasteiger partial charge in [0.05, 0.1) is 23.7 Å². The van der Waals surface area contributed by atoms with Crippen LogP contribution in [0.4, 0.5) is 5.69 Å². The van der Waals surface area contributed by atoms with Crippen LogP contribution < -0.4 is 15.4 Å². The van der Waals surface area contributed by atoms with E-state index in [2.05, 4.69) is 10.6 Å². The third kappa shape index (κ3) is 3.15. The fraction of sp³-hybridized carbons (Fsp3) is 0.571. The minimum atomic E-state index is -0.673. The normalized spacial score (nSPS) is 31.6. The molecular formula is C21H27N3O5S. The summed E-state index contributed by atoms with van der Waals surface area (Å²) in [7, 11) is 3.16. The number of carbonyl (C=O) groups excluding carboxylic acids is 3. The SMILES string of the molecule is CNC(=O)[C@@H]1[C@@H]2CCC3(S2)C(C(=O)Nc2ccc(OC)cc2)N(CCCO)C(=O)[C@H]13. The summed E-state index contributed by atoms with van der Waals surface area (Å²) < 4.78 is 4.55. The summed E-state index contributed by atoms with van der Waals surface area (Å²) in [5.74, 6) is -0.777. The highest BCUT2D eigenvalue weighted by atomic mass is 32.2. The standard InChI is InChI=1S/C21H27N3O5S/c1-22-18(26)15-14-8-9-21(30-14)16(15)20(28)24(10-3-11-25)17(21)19(27)23-12-4-6-13(29-2)7-5-12/h4-7,14-17,25H,3,8-11H2,1-2H3,(H,22,26)(H,23,27)/t14-,15+,16-,17?,21?/m0/s1. The topological polar surface area (TPSA) is 108 Å². The van der Waals surface area contributed by atoms with E-state index < -0.39 is 22.6 Å². The number of thioether (sulfide) groups is 1. The van der Waals surface area contributed by atoms with Crippen molar-refractivity contribution in [3.8, 4) is 5.75 Å². The molecule has 162 valence electrons. The highest BCUT2D eigenvalue weighted by Gasteiger charge is 2.73. The number of likely N-dealkylation sites (tertiary alicyclic amines) is 1. The van der Waals surface area contributed by atoms with Gasteiger partial charge in [-0.05, 0) is 43.5 Å². The highest BCUT2D eigenvalue weighted by molar-refractivity contribution is 8.02. The lowest BCUT2D eigenvalue weighted by Gasteiger charge is -2.34. The Morgan fingerprint density at radius 3 is 2.67 bits per heavy atom. The molecule has 2 bridgehead atoms. The lowest BCUT2D eigenvalue weighted by molar-refractivity contribution is -0.139. The fourth-order valence-electron chi connectivity index (χ4n) is 5.29. The molecule has 3 heterocycles.